The zero-order valence-corrected chi connectivity index (χ0v) is 26.6. The lowest BCUT2D eigenvalue weighted by atomic mass is 9.80. The number of primary amides is 1. The van der Waals surface area contributed by atoms with Crippen molar-refractivity contribution in [3.05, 3.63) is 23.8 Å². The van der Waals surface area contributed by atoms with Gasteiger partial charge in [0.2, 0.25) is 11.8 Å². The van der Waals surface area contributed by atoms with Crippen molar-refractivity contribution in [3.8, 4) is 11.5 Å². The molecule has 0 spiro atoms. The lowest BCUT2D eigenvalue weighted by Gasteiger charge is -2.32. The molecule has 0 saturated carbocycles. The quantitative estimate of drug-likeness (QED) is 0.142. The van der Waals surface area contributed by atoms with Crippen molar-refractivity contribution in [2.75, 3.05) is 34.0 Å². The van der Waals surface area contributed by atoms with E-state index in [2.05, 4.69) is 24.5 Å². The summed E-state index contributed by atoms with van der Waals surface area (Å²) in [6, 6.07) is 4.95. The summed E-state index contributed by atoms with van der Waals surface area (Å²) in [5.74, 6) is -0.157. The Kier molecular flexibility index (Phi) is 15.7. The Balaban J connectivity index is 3.09. The van der Waals surface area contributed by atoms with Gasteiger partial charge in [0.25, 0.3) is 0 Å². The van der Waals surface area contributed by atoms with Gasteiger partial charge in [-0.25, -0.2) is 4.79 Å². The van der Waals surface area contributed by atoms with Gasteiger partial charge in [-0.2, -0.15) is 0 Å². The molecule has 11 heteroatoms. The summed E-state index contributed by atoms with van der Waals surface area (Å²) < 4.78 is 16.5. The maximum absolute atomic E-state index is 13.1. The summed E-state index contributed by atoms with van der Waals surface area (Å²) >= 11 is 0. The molecule has 0 heterocycles. The fourth-order valence-corrected chi connectivity index (χ4v) is 4.67. The van der Waals surface area contributed by atoms with Crippen LogP contribution in [-0.2, 0) is 20.7 Å². The first-order valence-electron chi connectivity index (χ1n) is 14.7. The van der Waals surface area contributed by atoms with Gasteiger partial charge in [0.1, 0.15) is 0 Å². The highest BCUT2D eigenvalue weighted by Gasteiger charge is 2.33. The molecule has 0 aliphatic heterocycles. The number of amides is 3. The number of aliphatic hydroxyl groups excluding tert-OH is 1. The highest BCUT2D eigenvalue weighted by Crippen LogP contribution is 2.32. The van der Waals surface area contributed by atoms with Gasteiger partial charge in [0, 0.05) is 32.6 Å². The van der Waals surface area contributed by atoms with Crippen molar-refractivity contribution >= 4 is 17.9 Å². The van der Waals surface area contributed by atoms with Crippen LogP contribution < -0.4 is 25.8 Å². The first-order chi connectivity index (χ1) is 19.6. The number of rotatable bonds is 20. The van der Waals surface area contributed by atoms with E-state index in [1.807, 2.05) is 32.0 Å². The molecule has 0 saturated heterocycles. The number of carbonyl (C=O) groups is 3. The minimum atomic E-state index is -1.24. The van der Waals surface area contributed by atoms with Crippen LogP contribution in [0.4, 0.5) is 4.79 Å². The third-order valence-corrected chi connectivity index (χ3v) is 7.76. The lowest BCUT2D eigenvalue weighted by molar-refractivity contribution is -0.130. The van der Waals surface area contributed by atoms with E-state index in [4.69, 9.17) is 19.9 Å². The predicted molar refractivity (Wildman–Crippen MR) is 162 cm³/mol. The van der Waals surface area contributed by atoms with Crippen molar-refractivity contribution < 1.29 is 38.8 Å². The van der Waals surface area contributed by atoms with E-state index in [-0.39, 0.29) is 36.6 Å². The number of hydrogen-bond acceptors (Lipinski definition) is 7. The normalized spacial score (nSPS) is 14.6. The molecule has 42 heavy (non-hydrogen) atoms. The molecule has 1 aromatic rings. The molecular formula is C31H53N3O8. The molecule has 3 amide bonds. The maximum Gasteiger partial charge on any atom is 0.404 e. The Labute approximate surface area is 250 Å². The smallest absolute Gasteiger partial charge is 0.404 e. The number of aliphatic hydroxyl groups is 1. The second-order valence-electron chi connectivity index (χ2n) is 12.3. The minimum absolute atomic E-state index is 0.00827. The zero-order chi connectivity index (χ0) is 32.0. The van der Waals surface area contributed by atoms with E-state index in [1.54, 1.807) is 28.1 Å². The second kappa shape index (κ2) is 17.8. The maximum atomic E-state index is 13.1. The van der Waals surface area contributed by atoms with E-state index in [1.165, 1.54) is 0 Å². The van der Waals surface area contributed by atoms with Crippen molar-refractivity contribution in [1.29, 1.82) is 0 Å². The average molecular weight is 596 g/mol. The second-order valence-corrected chi connectivity index (χ2v) is 12.3. The molecule has 1 aromatic carbocycles. The number of nitrogens with two attached hydrogens (primary N) is 1. The Hall–Kier alpha value is -3.05. The van der Waals surface area contributed by atoms with Gasteiger partial charge in [0.15, 0.2) is 11.5 Å². The van der Waals surface area contributed by atoms with E-state index in [0.29, 0.717) is 37.6 Å². The van der Waals surface area contributed by atoms with Gasteiger partial charge in [-0.3, -0.25) is 9.59 Å². The molecule has 2 unspecified atom stereocenters. The van der Waals surface area contributed by atoms with Crippen LogP contribution in [0.25, 0.3) is 0 Å². The molecular weight excluding hydrogens is 542 g/mol. The fraction of sp³-hybridized carbons (Fsp3) is 0.710. The van der Waals surface area contributed by atoms with Crippen LogP contribution in [-0.4, -0.2) is 74.2 Å². The Morgan fingerprint density at radius 2 is 1.67 bits per heavy atom. The van der Waals surface area contributed by atoms with Crippen molar-refractivity contribution in [2.24, 2.45) is 34.8 Å². The fourth-order valence-electron chi connectivity index (χ4n) is 4.67. The lowest BCUT2D eigenvalue weighted by Crippen LogP contribution is -2.48. The summed E-state index contributed by atoms with van der Waals surface area (Å²) in [6.45, 7) is 12.3. The molecule has 6 N–H and O–H groups in total. The summed E-state index contributed by atoms with van der Waals surface area (Å²) in [7, 11) is 3.22. The van der Waals surface area contributed by atoms with Crippen LogP contribution in [0.5, 0.6) is 11.5 Å². The number of hydrogen-bond donors (Lipinski definition) is 5. The number of carbonyl (C=O) groups excluding carboxylic acids is 2. The topological polar surface area (TPSA) is 169 Å². The summed E-state index contributed by atoms with van der Waals surface area (Å²) in [6.07, 6.45) is -0.582. The Bertz CT molecular complexity index is 998. The van der Waals surface area contributed by atoms with Crippen molar-refractivity contribution in [3.63, 3.8) is 0 Å². The van der Waals surface area contributed by atoms with Gasteiger partial charge < -0.3 is 40.8 Å². The van der Waals surface area contributed by atoms with Crippen LogP contribution in [0, 0.1) is 29.1 Å². The van der Waals surface area contributed by atoms with Crippen LogP contribution in [0.15, 0.2) is 18.2 Å². The zero-order valence-electron chi connectivity index (χ0n) is 26.6. The molecule has 0 radical (unpaired) electrons. The summed E-state index contributed by atoms with van der Waals surface area (Å²) in [4.78, 5) is 36.5. The van der Waals surface area contributed by atoms with Gasteiger partial charge in [0.05, 0.1) is 31.3 Å². The molecule has 240 valence electrons. The Morgan fingerprint density at radius 1 is 1.00 bits per heavy atom. The van der Waals surface area contributed by atoms with Gasteiger partial charge in [-0.15, -0.1) is 0 Å². The molecule has 0 fully saturated rings. The van der Waals surface area contributed by atoms with Gasteiger partial charge in [-0.1, -0.05) is 33.8 Å². The van der Waals surface area contributed by atoms with Crippen molar-refractivity contribution in [2.45, 2.75) is 79.4 Å². The molecule has 4 atom stereocenters. The molecule has 1 rings (SSSR count). The molecule has 0 bridgehead atoms. The third-order valence-electron chi connectivity index (χ3n) is 7.76. The molecule has 0 aliphatic carbocycles. The SMILES string of the molecule is COCCCOc1cc(C[C@@H](CC(NC(=O)O)C(O)C[C@H](C(=O)NCC(C)(C)C(N)=O)C(C)C)C(C)C)ccc1OC. The Morgan fingerprint density at radius 3 is 2.19 bits per heavy atom. The van der Waals surface area contributed by atoms with E-state index in [9.17, 15) is 24.6 Å². The van der Waals surface area contributed by atoms with E-state index in [0.717, 1.165) is 12.0 Å². The number of carboxylic acid groups (broad SMARTS) is 1. The number of ether oxygens (including phenoxy) is 3. The van der Waals surface area contributed by atoms with Crippen LogP contribution in [0.3, 0.4) is 0 Å². The van der Waals surface area contributed by atoms with Crippen LogP contribution in [0.2, 0.25) is 0 Å². The van der Waals surface area contributed by atoms with E-state index >= 15 is 0 Å². The van der Waals surface area contributed by atoms with Crippen LogP contribution >= 0.6 is 0 Å². The van der Waals surface area contributed by atoms with Crippen molar-refractivity contribution in [1.82, 2.24) is 10.6 Å². The molecule has 11 nitrogen and oxygen atoms in total. The third kappa shape index (κ3) is 12.4. The number of nitrogens with one attached hydrogen (secondary N) is 2. The number of benzene rings is 1. The monoisotopic (exact) mass is 595 g/mol. The highest BCUT2D eigenvalue weighted by atomic mass is 16.5. The van der Waals surface area contributed by atoms with E-state index < -0.39 is 35.5 Å². The van der Waals surface area contributed by atoms with Crippen LogP contribution in [0.1, 0.15) is 66.4 Å². The van der Waals surface area contributed by atoms with Gasteiger partial charge in [-0.05, 0) is 68.6 Å². The summed E-state index contributed by atoms with van der Waals surface area (Å²) in [5.41, 5.74) is 5.50. The molecule has 0 aliphatic rings. The highest BCUT2D eigenvalue weighted by molar-refractivity contribution is 5.83. The standard InChI is InChI=1S/C31H53N3O8/c1-19(2)22(14-21-10-11-26(41-8)27(15-21)42-13-9-12-40-7)16-24(34-30(38)39)25(35)17-23(20(3)4)28(36)33-18-31(5,6)29(32)37/h10-11,15,19-20,22-25,34-35H,9,12-14,16-18H2,1-8H3,(H2,32,37)(H,33,36)(H,38,39)/t22-,23-,24?,25?/m0/s1. The summed E-state index contributed by atoms with van der Waals surface area (Å²) in [5, 5.41) is 26.1. The predicted octanol–water partition coefficient (Wildman–Crippen LogP) is 3.60. The first-order valence-corrected chi connectivity index (χ1v) is 14.7. The van der Waals surface area contributed by atoms with Gasteiger partial charge >= 0.3 is 6.09 Å². The minimum Gasteiger partial charge on any atom is -0.493 e. The average Bonchev–Trinajstić information content (AvgIpc) is 2.91. The molecule has 0 aromatic heterocycles. The first kappa shape index (κ1) is 37.0. The number of methoxy groups -OCH3 is 2. The largest absolute Gasteiger partial charge is 0.493 e.